The molecule has 1 nitrogen and oxygen atoms in total. The normalized spacial score (nSPS) is 13.3. The maximum Gasteiger partial charge on any atom is 0.0178 e. The third kappa shape index (κ3) is 3.69. The Bertz CT molecular complexity index is 1560. The molecule has 0 aliphatic heterocycles. The zero-order valence-electron chi connectivity index (χ0n) is 20.3. The molecular formula is C34H29N. The van der Waals surface area contributed by atoms with Crippen LogP contribution in [0.25, 0.3) is 44.5 Å². The summed E-state index contributed by atoms with van der Waals surface area (Å²) in [4.78, 5) is 0. The first-order valence-electron chi connectivity index (χ1n) is 12.3. The average molecular weight is 452 g/mol. The summed E-state index contributed by atoms with van der Waals surface area (Å²) in [6, 6.07) is 41.9. The third-order valence-electron chi connectivity index (χ3n) is 7.47. The van der Waals surface area contributed by atoms with E-state index >= 15 is 0 Å². The second-order valence-corrected chi connectivity index (χ2v) is 10.00. The molecular weight excluding hydrogens is 422 g/mol. The molecule has 35 heavy (non-hydrogen) atoms. The largest absolute Gasteiger partial charge is 0.326 e. The summed E-state index contributed by atoms with van der Waals surface area (Å²) >= 11 is 0. The lowest BCUT2D eigenvalue weighted by atomic mass is 9.82. The van der Waals surface area contributed by atoms with E-state index in [1.807, 2.05) is 0 Å². The van der Waals surface area contributed by atoms with Gasteiger partial charge in [-0.15, -0.1) is 0 Å². The molecule has 6 rings (SSSR count). The second-order valence-electron chi connectivity index (χ2n) is 10.00. The van der Waals surface area contributed by atoms with Crippen molar-refractivity contribution in [3.8, 4) is 44.5 Å². The Kier molecular flexibility index (Phi) is 5.16. The van der Waals surface area contributed by atoms with Crippen LogP contribution < -0.4 is 5.73 Å². The third-order valence-corrected chi connectivity index (χ3v) is 7.47. The fourth-order valence-corrected chi connectivity index (χ4v) is 5.53. The van der Waals surface area contributed by atoms with E-state index in [0.717, 1.165) is 5.56 Å². The highest BCUT2D eigenvalue weighted by molar-refractivity contribution is 5.85. The van der Waals surface area contributed by atoms with Gasteiger partial charge in [-0.25, -0.2) is 0 Å². The fraction of sp³-hybridized carbons (Fsp3) is 0.118. The molecule has 0 fully saturated rings. The van der Waals surface area contributed by atoms with E-state index in [-0.39, 0.29) is 5.41 Å². The van der Waals surface area contributed by atoms with Crippen molar-refractivity contribution in [3.05, 3.63) is 132 Å². The van der Waals surface area contributed by atoms with Gasteiger partial charge >= 0.3 is 0 Å². The molecule has 170 valence electrons. The SMILES string of the molecule is CC1(C)c2ccccc2-c2cc(-c3cccc(-c4cccc(-c5cccc(CN)c5)c4)c3)ccc21. The number of benzene rings is 5. The molecule has 0 spiro atoms. The van der Waals surface area contributed by atoms with Crippen LogP contribution >= 0.6 is 0 Å². The van der Waals surface area contributed by atoms with Crippen molar-refractivity contribution in [2.45, 2.75) is 25.8 Å². The summed E-state index contributed by atoms with van der Waals surface area (Å²) in [5.74, 6) is 0. The lowest BCUT2D eigenvalue weighted by Gasteiger charge is -2.21. The number of fused-ring (bicyclic) bond motifs is 3. The predicted molar refractivity (Wildman–Crippen MR) is 148 cm³/mol. The van der Waals surface area contributed by atoms with Gasteiger partial charge in [0.2, 0.25) is 0 Å². The zero-order chi connectivity index (χ0) is 24.0. The van der Waals surface area contributed by atoms with Crippen LogP contribution in [-0.4, -0.2) is 0 Å². The van der Waals surface area contributed by atoms with E-state index < -0.39 is 0 Å². The van der Waals surface area contributed by atoms with Crippen LogP contribution in [0.3, 0.4) is 0 Å². The van der Waals surface area contributed by atoms with E-state index in [1.165, 1.54) is 55.6 Å². The van der Waals surface area contributed by atoms with Gasteiger partial charge in [-0.2, -0.15) is 0 Å². The Morgan fingerprint density at radius 3 is 1.63 bits per heavy atom. The molecule has 1 aliphatic carbocycles. The first-order chi connectivity index (χ1) is 17.0. The molecule has 0 unspecified atom stereocenters. The number of hydrogen-bond acceptors (Lipinski definition) is 1. The van der Waals surface area contributed by atoms with Crippen LogP contribution in [0, 0.1) is 0 Å². The molecule has 1 heteroatoms. The molecule has 1 aliphatic rings. The van der Waals surface area contributed by atoms with E-state index in [0.29, 0.717) is 6.54 Å². The topological polar surface area (TPSA) is 26.0 Å². The van der Waals surface area contributed by atoms with Gasteiger partial charge in [0.15, 0.2) is 0 Å². The van der Waals surface area contributed by atoms with Crippen LogP contribution in [0.15, 0.2) is 115 Å². The number of rotatable bonds is 4. The summed E-state index contributed by atoms with van der Waals surface area (Å²) in [6.45, 7) is 5.21. The Balaban J connectivity index is 1.39. The van der Waals surface area contributed by atoms with E-state index in [1.54, 1.807) is 0 Å². The summed E-state index contributed by atoms with van der Waals surface area (Å²) in [5.41, 5.74) is 19.9. The van der Waals surface area contributed by atoms with Crippen molar-refractivity contribution in [1.82, 2.24) is 0 Å². The Morgan fingerprint density at radius 1 is 0.486 bits per heavy atom. The van der Waals surface area contributed by atoms with Crippen LogP contribution in [0.5, 0.6) is 0 Å². The minimum absolute atomic E-state index is 0.0357. The Labute approximate surface area is 207 Å². The predicted octanol–water partition coefficient (Wildman–Crippen LogP) is 8.45. The van der Waals surface area contributed by atoms with Crippen LogP contribution in [0.1, 0.15) is 30.5 Å². The average Bonchev–Trinajstić information content (AvgIpc) is 3.15. The summed E-state index contributed by atoms with van der Waals surface area (Å²) in [7, 11) is 0. The monoisotopic (exact) mass is 451 g/mol. The van der Waals surface area contributed by atoms with Crippen molar-refractivity contribution >= 4 is 0 Å². The van der Waals surface area contributed by atoms with Crippen LogP contribution in [0.2, 0.25) is 0 Å². The van der Waals surface area contributed by atoms with Crippen molar-refractivity contribution in [1.29, 1.82) is 0 Å². The van der Waals surface area contributed by atoms with Crippen LogP contribution in [-0.2, 0) is 12.0 Å². The van der Waals surface area contributed by atoms with E-state index in [9.17, 15) is 0 Å². The quantitative estimate of drug-likeness (QED) is 0.291. The highest BCUT2D eigenvalue weighted by atomic mass is 14.5. The maximum atomic E-state index is 5.86. The highest BCUT2D eigenvalue weighted by Crippen LogP contribution is 2.49. The second kappa shape index (κ2) is 8.37. The maximum absolute atomic E-state index is 5.86. The fourth-order valence-electron chi connectivity index (χ4n) is 5.53. The first kappa shape index (κ1) is 21.6. The molecule has 0 saturated heterocycles. The lowest BCUT2D eigenvalue weighted by Crippen LogP contribution is -2.14. The Hall–Kier alpha value is -3.94. The molecule has 5 aromatic carbocycles. The molecule has 0 radical (unpaired) electrons. The molecule has 0 aromatic heterocycles. The smallest absolute Gasteiger partial charge is 0.0178 e. The van der Waals surface area contributed by atoms with Gasteiger partial charge in [0.05, 0.1) is 0 Å². The zero-order valence-corrected chi connectivity index (χ0v) is 20.3. The van der Waals surface area contributed by atoms with E-state index in [4.69, 9.17) is 5.73 Å². The van der Waals surface area contributed by atoms with E-state index in [2.05, 4.69) is 129 Å². The van der Waals surface area contributed by atoms with Crippen molar-refractivity contribution in [3.63, 3.8) is 0 Å². The Morgan fingerprint density at radius 2 is 1.00 bits per heavy atom. The van der Waals surface area contributed by atoms with Gasteiger partial charge in [-0.1, -0.05) is 105 Å². The molecule has 0 atom stereocenters. The van der Waals surface area contributed by atoms with Crippen molar-refractivity contribution in [2.24, 2.45) is 5.73 Å². The summed E-state index contributed by atoms with van der Waals surface area (Å²) in [6.07, 6.45) is 0. The molecule has 5 aromatic rings. The van der Waals surface area contributed by atoms with Crippen molar-refractivity contribution < 1.29 is 0 Å². The molecule has 0 heterocycles. The van der Waals surface area contributed by atoms with Crippen LogP contribution in [0.4, 0.5) is 0 Å². The highest BCUT2D eigenvalue weighted by Gasteiger charge is 2.35. The minimum atomic E-state index is 0.0357. The van der Waals surface area contributed by atoms with Gasteiger partial charge < -0.3 is 5.73 Å². The molecule has 2 N–H and O–H groups in total. The van der Waals surface area contributed by atoms with Gasteiger partial charge in [-0.05, 0) is 85.5 Å². The van der Waals surface area contributed by atoms with Gasteiger partial charge in [-0.3, -0.25) is 0 Å². The lowest BCUT2D eigenvalue weighted by molar-refractivity contribution is 0.660. The summed E-state index contributed by atoms with van der Waals surface area (Å²) in [5, 5.41) is 0. The molecule has 0 saturated carbocycles. The molecule has 0 amide bonds. The van der Waals surface area contributed by atoms with Gasteiger partial charge in [0.1, 0.15) is 0 Å². The van der Waals surface area contributed by atoms with Gasteiger partial charge in [0, 0.05) is 12.0 Å². The summed E-state index contributed by atoms with van der Waals surface area (Å²) < 4.78 is 0. The number of nitrogens with two attached hydrogens (primary N) is 1. The molecule has 0 bridgehead atoms. The van der Waals surface area contributed by atoms with Gasteiger partial charge in [0.25, 0.3) is 0 Å². The van der Waals surface area contributed by atoms with Crippen molar-refractivity contribution in [2.75, 3.05) is 0 Å². The minimum Gasteiger partial charge on any atom is -0.326 e. The number of hydrogen-bond donors (Lipinski definition) is 1. The standard InChI is InChI=1S/C34H29N/c1-34(2)32-15-4-3-14-30(32)31-21-29(16-17-33(31)34)28-13-7-12-27(20-28)26-11-6-10-25(19-26)24-9-5-8-23(18-24)22-35/h3-21H,22,35H2,1-2H3. The first-order valence-corrected chi connectivity index (χ1v) is 12.3.